The van der Waals surface area contributed by atoms with E-state index in [9.17, 15) is 8.42 Å². The second-order valence-electron chi connectivity index (χ2n) is 6.70. The van der Waals surface area contributed by atoms with Crippen LogP contribution in [0.25, 0.3) is 0 Å². The van der Waals surface area contributed by atoms with Gasteiger partial charge in [0.25, 0.3) is 0 Å². The van der Waals surface area contributed by atoms with Gasteiger partial charge in [-0.05, 0) is 63.4 Å². The SMILES string of the molecule is COc1cc(CNS(=O)(=O)c2c(C)cc(C)cc2C)ccc1OC(C)C. The molecule has 0 fully saturated rings. The highest BCUT2D eigenvalue weighted by Gasteiger charge is 2.20. The summed E-state index contributed by atoms with van der Waals surface area (Å²) in [6.07, 6.45) is 0.0285. The third-order valence-electron chi connectivity index (χ3n) is 3.93. The molecular formula is C20H27NO4S. The number of rotatable bonds is 7. The van der Waals surface area contributed by atoms with Crippen molar-refractivity contribution in [2.24, 2.45) is 0 Å². The lowest BCUT2D eigenvalue weighted by atomic mass is 10.1. The molecule has 0 atom stereocenters. The number of hydrogen-bond acceptors (Lipinski definition) is 4. The van der Waals surface area contributed by atoms with Crippen LogP contribution < -0.4 is 14.2 Å². The van der Waals surface area contributed by atoms with Crippen LogP contribution in [0.1, 0.15) is 36.1 Å². The monoisotopic (exact) mass is 377 g/mol. The van der Waals surface area contributed by atoms with Gasteiger partial charge in [-0.2, -0.15) is 0 Å². The van der Waals surface area contributed by atoms with Crippen molar-refractivity contribution in [3.8, 4) is 11.5 Å². The molecule has 0 unspecified atom stereocenters. The summed E-state index contributed by atoms with van der Waals surface area (Å²) < 4.78 is 39.2. The molecule has 0 spiro atoms. The summed E-state index contributed by atoms with van der Waals surface area (Å²) in [5.74, 6) is 1.22. The summed E-state index contributed by atoms with van der Waals surface area (Å²) in [5.41, 5.74) is 3.33. The summed E-state index contributed by atoms with van der Waals surface area (Å²) in [4.78, 5) is 0.342. The second kappa shape index (κ2) is 8.10. The highest BCUT2D eigenvalue weighted by molar-refractivity contribution is 7.89. The van der Waals surface area contributed by atoms with Crippen LogP contribution in [0.15, 0.2) is 35.2 Å². The zero-order valence-electron chi connectivity index (χ0n) is 16.2. The molecule has 0 aromatic heterocycles. The Balaban J connectivity index is 2.23. The molecule has 0 aliphatic heterocycles. The van der Waals surface area contributed by atoms with Crippen molar-refractivity contribution >= 4 is 10.0 Å². The van der Waals surface area contributed by atoms with Gasteiger partial charge in [0.1, 0.15) is 0 Å². The maximum Gasteiger partial charge on any atom is 0.241 e. The molecule has 0 aliphatic rings. The third kappa shape index (κ3) is 4.77. The van der Waals surface area contributed by atoms with E-state index in [1.54, 1.807) is 19.2 Å². The minimum atomic E-state index is -3.61. The lowest BCUT2D eigenvalue weighted by Crippen LogP contribution is -2.25. The van der Waals surface area contributed by atoms with Crippen LogP contribution >= 0.6 is 0 Å². The number of aryl methyl sites for hydroxylation is 3. The second-order valence-corrected chi connectivity index (χ2v) is 8.41. The summed E-state index contributed by atoms with van der Waals surface area (Å²) in [5, 5.41) is 0. The molecule has 0 saturated carbocycles. The Morgan fingerprint density at radius 3 is 2.15 bits per heavy atom. The summed E-state index contributed by atoms with van der Waals surface area (Å²) >= 11 is 0. The number of benzene rings is 2. The van der Waals surface area contributed by atoms with E-state index in [0.717, 1.165) is 22.3 Å². The van der Waals surface area contributed by atoms with Gasteiger partial charge >= 0.3 is 0 Å². The van der Waals surface area contributed by atoms with Gasteiger partial charge in [-0.25, -0.2) is 13.1 Å². The first-order valence-corrected chi connectivity index (χ1v) is 10.0. The van der Waals surface area contributed by atoms with Crippen molar-refractivity contribution in [3.63, 3.8) is 0 Å². The predicted molar refractivity (Wildman–Crippen MR) is 103 cm³/mol. The van der Waals surface area contributed by atoms with E-state index < -0.39 is 10.0 Å². The average molecular weight is 378 g/mol. The molecule has 2 aromatic carbocycles. The molecule has 0 amide bonds. The highest BCUT2D eigenvalue weighted by atomic mass is 32.2. The van der Waals surface area contributed by atoms with Crippen LogP contribution in [0.3, 0.4) is 0 Å². The van der Waals surface area contributed by atoms with Crippen LogP contribution in [0.2, 0.25) is 0 Å². The van der Waals surface area contributed by atoms with Crippen LogP contribution in [0.4, 0.5) is 0 Å². The van der Waals surface area contributed by atoms with Crippen LogP contribution in [0, 0.1) is 20.8 Å². The van der Waals surface area contributed by atoms with Gasteiger partial charge in [0, 0.05) is 6.54 Å². The quantitative estimate of drug-likeness (QED) is 0.795. The van der Waals surface area contributed by atoms with Gasteiger partial charge in [-0.3, -0.25) is 0 Å². The molecule has 0 aliphatic carbocycles. The maximum atomic E-state index is 12.8. The molecule has 2 aromatic rings. The molecule has 142 valence electrons. The molecule has 1 N–H and O–H groups in total. The van der Waals surface area contributed by atoms with Gasteiger partial charge in [-0.15, -0.1) is 0 Å². The normalized spacial score (nSPS) is 11.7. The fraction of sp³-hybridized carbons (Fsp3) is 0.400. The van der Waals surface area contributed by atoms with Gasteiger partial charge in [0.2, 0.25) is 10.0 Å². The third-order valence-corrected chi connectivity index (χ3v) is 5.64. The van der Waals surface area contributed by atoms with Crippen molar-refractivity contribution in [2.75, 3.05) is 7.11 Å². The van der Waals surface area contributed by atoms with Gasteiger partial charge in [0.15, 0.2) is 11.5 Å². The zero-order chi connectivity index (χ0) is 19.5. The van der Waals surface area contributed by atoms with E-state index in [1.165, 1.54) is 0 Å². The number of methoxy groups -OCH3 is 1. The molecule has 0 heterocycles. The Morgan fingerprint density at radius 2 is 1.62 bits per heavy atom. The Kier molecular flexibility index (Phi) is 6.31. The molecule has 2 rings (SSSR count). The van der Waals surface area contributed by atoms with E-state index in [-0.39, 0.29) is 12.6 Å². The topological polar surface area (TPSA) is 64.6 Å². The van der Waals surface area contributed by atoms with Crippen LogP contribution in [-0.2, 0) is 16.6 Å². The molecule has 26 heavy (non-hydrogen) atoms. The number of ether oxygens (including phenoxy) is 2. The van der Waals surface area contributed by atoms with E-state index in [0.29, 0.717) is 16.4 Å². The maximum absolute atomic E-state index is 12.8. The van der Waals surface area contributed by atoms with E-state index in [4.69, 9.17) is 9.47 Å². The number of sulfonamides is 1. The average Bonchev–Trinajstić information content (AvgIpc) is 2.52. The van der Waals surface area contributed by atoms with Gasteiger partial charge in [-0.1, -0.05) is 23.8 Å². The molecule has 0 saturated heterocycles. The van der Waals surface area contributed by atoms with Crippen LogP contribution in [-0.4, -0.2) is 21.6 Å². The Bertz CT molecular complexity index is 866. The lowest BCUT2D eigenvalue weighted by Gasteiger charge is -2.16. The molecule has 0 bridgehead atoms. The summed E-state index contributed by atoms with van der Waals surface area (Å²) in [6, 6.07) is 9.17. The van der Waals surface area contributed by atoms with Crippen molar-refractivity contribution in [1.29, 1.82) is 0 Å². The highest BCUT2D eigenvalue weighted by Crippen LogP contribution is 2.29. The van der Waals surface area contributed by atoms with E-state index >= 15 is 0 Å². The first kappa shape index (κ1) is 20.3. The van der Waals surface area contributed by atoms with E-state index in [1.807, 2.05) is 52.8 Å². The van der Waals surface area contributed by atoms with Crippen molar-refractivity contribution in [1.82, 2.24) is 4.72 Å². The molecule has 6 heteroatoms. The Hall–Kier alpha value is -2.05. The Labute approximate surface area is 156 Å². The fourth-order valence-electron chi connectivity index (χ4n) is 3.01. The number of nitrogens with one attached hydrogen (secondary N) is 1. The predicted octanol–water partition coefficient (Wildman–Crippen LogP) is 3.89. The summed E-state index contributed by atoms with van der Waals surface area (Å²) in [6.45, 7) is 9.64. The minimum Gasteiger partial charge on any atom is -0.493 e. The number of hydrogen-bond donors (Lipinski definition) is 1. The van der Waals surface area contributed by atoms with Gasteiger partial charge in [0.05, 0.1) is 18.1 Å². The molecular weight excluding hydrogens is 350 g/mol. The zero-order valence-corrected chi connectivity index (χ0v) is 17.0. The largest absolute Gasteiger partial charge is 0.493 e. The minimum absolute atomic E-state index is 0.0285. The van der Waals surface area contributed by atoms with E-state index in [2.05, 4.69) is 4.72 Å². The fourth-order valence-corrected chi connectivity index (χ4v) is 4.48. The first-order chi connectivity index (χ1) is 12.1. The standard InChI is InChI=1S/C20H27NO4S/c1-13(2)25-18-8-7-17(11-19(18)24-6)12-21-26(22,23)20-15(4)9-14(3)10-16(20)5/h7-11,13,21H,12H2,1-6H3. The van der Waals surface area contributed by atoms with Crippen LogP contribution in [0.5, 0.6) is 11.5 Å². The summed E-state index contributed by atoms with van der Waals surface area (Å²) in [7, 11) is -2.04. The Morgan fingerprint density at radius 1 is 1.00 bits per heavy atom. The van der Waals surface area contributed by atoms with Crippen molar-refractivity contribution in [3.05, 3.63) is 52.6 Å². The smallest absolute Gasteiger partial charge is 0.241 e. The molecule has 0 radical (unpaired) electrons. The van der Waals surface area contributed by atoms with Crippen molar-refractivity contribution < 1.29 is 17.9 Å². The first-order valence-electron chi connectivity index (χ1n) is 8.55. The lowest BCUT2D eigenvalue weighted by molar-refractivity contribution is 0.230. The van der Waals surface area contributed by atoms with Crippen molar-refractivity contribution in [2.45, 2.75) is 52.2 Å². The molecule has 5 nitrogen and oxygen atoms in total. The van der Waals surface area contributed by atoms with Gasteiger partial charge < -0.3 is 9.47 Å².